The molecule has 5 aromatic heterocycles. The summed E-state index contributed by atoms with van der Waals surface area (Å²) in [6, 6.07) is 53.3. The Hall–Kier alpha value is -7.68. The molecule has 12 aromatic rings. The van der Waals surface area contributed by atoms with Gasteiger partial charge in [0.25, 0.3) is 0 Å². The molecule has 0 bridgehead atoms. The number of aromatic nitrogens is 6. The van der Waals surface area contributed by atoms with Gasteiger partial charge in [0.1, 0.15) is 11.3 Å². The fourth-order valence-electron chi connectivity index (χ4n) is 9.21. The van der Waals surface area contributed by atoms with Crippen molar-refractivity contribution in [1.29, 1.82) is 0 Å². The lowest BCUT2D eigenvalue weighted by Gasteiger charge is -2.16. The van der Waals surface area contributed by atoms with Crippen LogP contribution in [0.1, 0.15) is 18.2 Å². The van der Waals surface area contributed by atoms with Crippen LogP contribution in [0.15, 0.2) is 180 Å². The summed E-state index contributed by atoms with van der Waals surface area (Å²) in [5, 5.41) is 6.94. The Labute approximate surface area is 346 Å². The lowest BCUT2D eigenvalue weighted by Crippen LogP contribution is -2.11. The van der Waals surface area contributed by atoms with Crippen molar-refractivity contribution in [2.75, 3.05) is 0 Å². The Morgan fingerprint density at radius 3 is 2.07 bits per heavy atom. The molecule has 0 saturated heterocycles. The highest BCUT2D eigenvalue weighted by molar-refractivity contribution is 7.25. The molecule has 60 heavy (non-hydrogen) atoms. The standard InChI is InChI=1S/C52H32N6OS/c1-2-14-31(15-3-1)49-54-50(32-26-29-46-39(30-32)35-18-7-13-25-45(35)60-46)56-52(55-49)58-42-22-10-5-17-34(42)37-28-27-36-33-16-4-9-21-41(33)57(47(36)48(37)58)43-23-11-6-19-38(43)51-53-40-20-8-12-24-44(40)59-51/h1-14,16-31H,15H2. The molecule has 0 saturated carbocycles. The van der Waals surface area contributed by atoms with Gasteiger partial charge in [-0.2, -0.15) is 9.97 Å². The summed E-state index contributed by atoms with van der Waals surface area (Å²) < 4.78 is 13.6. The average molecular weight is 789 g/mol. The molecule has 0 fully saturated rings. The number of para-hydroxylation sites is 5. The second-order valence-electron chi connectivity index (χ2n) is 15.3. The van der Waals surface area contributed by atoms with E-state index >= 15 is 0 Å². The molecule has 8 heteroatoms. The maximum atomic E-state index is 6.45. The van der Waals surface area contributed by atoms with Crippen molar-refractivity contribution in [2.45, 2.75) is 12.3 Å². The van der Waals surface area contributed by atoms with Crippen LogP contribution in [0, 0.1) is 0 Å². The second kappa shape index (κ2) is 12.9. The molecule has 0 amide bonds. The van der Waals surface area contributed by atoms with E-state index in [-0.39, 0.29) is 5.92 Å². The summed E-state index contributed by atoms with van der Waals surface area (Å²) in [5.74, 6) is 2.54. The van der Waals surface area contributed by atoms with E-state index in [0.717, 1.165) is 83.8 Å². The lowest BCUT2D eigenvalue weighted by molar-refractivity contribution is 0.619. The van der Waals surface area contributed by atoms with Crippen LogP contribution in [-0.4, -0.2) is 29.1 Å². The minimum absolute atomic E-state index is 0.00366. The maximum Gasteiger partial charge on any atom is 0.238 e. The minimum atomic E-state index is 0.00366. The van der Waals surface area contributed by atoms with E-state index in [1.54, 1.807) is 0 Å². The van der Waals surface area contributed by atoms with Gasteiger partial charge in [-0.15, -0.1) is 11.3 Å². The Balaban J connectivity index is 1.14. The number of rotatable bonds is 5. The van der Waals surface area contributed by atoms with Gasteiger partial charge in [-0.1, -0.05) is 115 Å². The molecule has 13 rings (SSSR count). The van der Waals surface area contributed by atoms with Gasteiger partial charge in [0.2, 0.25) is 11.8 Å². The zero-order valence-electron chi connectivity index (χ0n) is 32.0. The van der Waals surface area contributed by atoms with Gasteiger partial charge in [0.15, 0.2) is 11.4 Å². The Morgan fingerprint density at radius 1 is 0.550 bits per heavy atom. The van der Waals surface area contributed by atoms with E-state index in [0.29, 0.717) is 17.7 Å². The van der Waals surface area contributed by atoms with Gasteiger partial charge in [-0.3, -0.25) is 4.57 Å². The van der Waals surface area contributed by atoms with Crippen LogP contribution >= 0.6 is 11.3 Å². The zero-order valence-corrected chi connectivity index (χ0v) is 32.8. The first kappa shape index (κ1) is 33.3. The van der Waals surface area contributed by atoms with Crippen LogP contribution in [0.3, 0.4) is 0 Å². The van der Waals surface area contributed by atoms with E-state index in [2.05, 4.69) is 155 Å². The second-order valence-corrected chi connectivity index (χ2v) is 16.4. The topological polar surface area (TPSA) is 74.6 Å². The molecule has 7 aromatic carbocycles. The van der Waals surface area contributed by atoms with E-state index in [1.807, 2.05) is 41.7 Å². The SMILES string of the molecule is C1=CCC(c2nc(-c3ccc4sc5ccccc5c4c3)nc(-n3c4ccccc4c4ccc5c6ccccc6n(-c6ccccc6-c6nc7ccccc7o6)c5c43)n2)C=C1. The fraction of sp³-hybridized carbons (Fsp3) is 0.0385. The highest BCUT2D eigenvalue weighted by atomic mass is 32.1. The summed E-state index contributed by atoms with van der Waals surface area (Å²) >= 11 is 1.81. The van der Waals surface area contributed by atoms with E-state index in [4.69, 9.17) is 24.4 Å². The normalized spacial score (nSPS) is 14.3. The average Bonchev–Trinajstić information content (AvgIpc) is 4.08. The maximum absolute atomic E-state index is 6.45. The summed E-state index contributed by atoms with van der Waals surface area (Å²) in [4.78, 5) is 21.1. The van der Waals surface area contributed by atoms with E-state index in [1.165, 1.54) is 20.2 Å². The molecule has 1 atom stereocenters. The monoisotopic (exact) mass is 788 g/mol. The molecule has 0 N–H and O–H groups in total. The predicted octanol–water partition coefficient (Wildman–Crippen LogP) is 13.5. The van der Waals surface area contributed by atoms with Crippen molar-refractivity contribution in [3.8, 4) is 34.5 Å². The molecule has 1 aliphatic carbocycles. The van der Waals surface area contributed by atoms with Crippen molar-refractivity contribution in [2.24, 2.45) is 0 Å². The highest BCUT2D eigenvalue weighted by Crippen LogP contribution is 2.44. The fourth-order valence-corrected chi connectivity index (χ4v) is 10.3. The molecule has 0 radical (unpaired) electrons. The number of thiophene rings is 1. The van der Waals surface area contributed by atoms with E-state index in [9.17, 15) is 0 Å². The number of benzene rings is 7. The number of hydrogen-bond donors (Lipinski definition) is 0. The summed E-state index contributed by atoms with van der Waals surface area (Å²) in [6.07, 6.45) is 9.39. The molecule has 5 heterocycles. The lowest BCUT2D eigenvalue weighted by atomic mass is 10.00. The molecule has 0 aliphatic heterocycles. The third-order valence-corrected chi connectivity index (χ3v) is 13.1. The number of oxazole rings is 1. The molecule has 0 spiro atoms. The van der Waals surface area contributed by atoms with Crippen molar-refractivity contribution in [3.05, 3.63) is 182 Å². The van der Waals surface area contributed by atoms with Crippen LogP contribution in [-0.2, 0) is 0 Å². The summed E-state index contributed by atoms with van der Waals surface area (Å²) in [5.41, 5.74) is 8.55. The Kier molecular flexibility index (Phi) is 7.17. The first-order valence-corrected chi connectivity index (χ1v) is 21.0. The minimum Gasteiger partial charge on any atom is -0.436 e. The largest absolute Gasteiger partial charge is 0.436 e. The van der Waals surface area contributed by atoms with Gasteiger partial charge < -0.3 is 8.98 Å². The number of allylic oxidation sites excluding steroid dienone is 4. The Morgan fingerprint density at radius 2 is 1.25 bits per heavy atom. The quantitative estimate of drug-likeness (QED) is 0.174. The van der Waals surface area contributed by atoms with Crippen LogP contribution < -0.4 is 0 Å². The smallest absolute Gasteiger partial charge is 0.238 e. The van der Waals surface area contributed by atoms with Crippen LogP contribution in [0.2, 0.25) is 0 Å². The van der Waals surface area contributed by atoms with Crippen LogP contribution in [0.5, 0.6) is 0 Å². The molecule has 1 unspecified atom stereocenters. The van der Waals surface area contributed by atoms with Crippen molar-refractivity contribution in [3.63, 3.8) is 0 Å². The highest BCUT2D eigenvalue weighted by Gasteiger charge is 2.26. The van der Waals surface area contributed by atoms with Crippen LogP contribution in [0.25, 0.3) is 109 Å². The first-order valence-electron chi connectivity index (χ1n) is 20.2. The first-order chi connectivity index (χ1) is 29.7. The molecule has 7 nitrogen and oxygen atoms in total. The van der Waals surface area contributed by atoms with Gasteiger partial charge in [0.05, 0.1) is 33.3 Å². The number of nitrogens with zero attached hydrogens (tertiary/aromatic N) is 6. The predicted molar refractivity (Wildman–Crippen MR) is 245 cm³/mol. The van der Waals surface area contributed by atoms with Crippen LogP contribution in [0.4, 0.5) is 0 Å². The van der Waals surface area contributed by atoms with Gasteiger partial charge in [0, 0.05) is 53.2 Å². The zero-order chi connectivity index (χ0) is 39.3. The van der Waals surface area contributed by atoms with Crippen molar-refractivity contribution < 1.29 is 4.42 Å². The number of hydrogen-bond acceptors (Lipinski definition) is 6. The van der Waals surface area contributed by atoms with Crippen molar-refractivity contribution in [1.82, 2.24) is 29.1 Å². The van der Waals surface area contributed by atoms with Gasteiger partial charge in [-0.05, 0) is 67.1 Å². The summed E-state index contributed by atoms with van der Waals surface area (Å²) in [7, 11) is 0. The Bertz CT molecular complexity index is 3750. The van der Waals surface area contributed by atoms with Gasteiger partial charge in [-0.25, -0.2) is 9.97 Å². The van der Waals surface area contributed by atoms with Gasteiger partial charge >= 0.3 is 0 Å². The molecule has 282 valence electrons. The molecular formula is C52H32N6OS. The third-order valence-electron chi connectivity index (χ3n) is 11.9. The third kappa shape index (κ3) is 4.95. The van der Waals surface area contributed by atoms with E-state index < -0.39 is 0 Å². The van der Waals surface area contributed by atoms with Crippen molar-refractivity contribution >= 4 is 86.2 Å². The molecule has 1 aliphatic rings. The number of fused-ring (bicyclic) bond motifs is 11. The summed E-state index contributed by atoms with van der Waals surface area (Å²) in [6.45, 7) is 0. The molecular weight excluding hydrogens is 757 g/mol.